The number of rotatable bonds is 5. The second-order valence-corrected chi connectivity index (χ2v) is 5.49. The third-order valence-electron chi connectivity index (χ3n) is 2.90. The van der Waals surface area contributed by atoms with E-state index in [0.717, 1.165) is 24.1 Å². The van der Waals surface area contributed by atoms with E-state index in [1.807, 2.05) is 6.92 Å². The molecule has 1 nitrogen and oxygen atoms in total. The first-order chi connectivity index (χ1) is 8.69. The zero-order valence-electron chi connectivity index (χ0n) is 10.7. The van der Waals surface area contributed by atoms with E-state index < -0.39 is 0 Å². The molecule has 0 amide bonds. The van der Waals surface area contributed by atoms with Crippen LogP contribution in [0, 0.1) is 12.7 Å². The maximum Gasteiger partial charge on any atom is 0.123 e. The maximum absolute atomic E-state index is 13.5. The highest BCUT2D eigenvalue weighted by molar-refractivity contribution is 7.09. The number of halogens is 1. The summed E-state index contributed by atoms with van der Waals surface area (Å²) < 4.78 is 13.5. The summed E-state index contributed by atoms with van der Waals surface area (Å²) in [4.78, 5) is 1.32. The Kier molecular flexibility index (Phi) is 4.50. The topological polar surface area (TPSA) is 12.0 Å². The summed E-state index contributed by atoms with van der Waals surface area (Å²) in [6, 6.07) is 9.62. The lowest BCUT2D eigenvalue weighted by Crippen LogP contribution is -2.22. The third kappa shape index (κ3) is 3.40. The van der Waals surface area contributed by atoms with Gasteiger partial charge in [-0.15, -0.1) is 11.3 Å². The SMILES string of the molecule is CCNC(Cc1cccs1)c1cc(C)cc(F)c1. The molecule has 1 aromatic heterocycles. The van der Waals surface area contributed by atoms with Gasteiger partial charge in [-0.1, -0.05) is 19.1 Å². The van der Waals surface area contributed by atoms with Crippen LogP contribution in [0.25, 0.3) is 0 Å². The van der Waals surface area contributed by atoms with Crippen molar-refractivity contribution in [1.29, 1.82) is 0 Å². The summed E-state index contributed by atoms with van der Waals surface area (Å²) in [5, 5.41) is 5.51. The van der Waals surface area contributed by atoms with Gasteiger partial charge in [0.1, 0.15) is 5.82 Å². The largest absolute Gasteiger partial charge is 0.310 e. The number of hydrogen-bond donors (Lipinski definition) is 1. The summed E-state index contributed by atoms with van der Waals surface area (Å²) in [6.07, 6.45) is 0.911. The number of thiophene rings is 1. The predicted molar refractivity (Wildman–Crippen MR) is 75.6 cm³/mol. The minimum atomic E-state index is -0.154. The summed E-state index contributed by atoms with van der Waals surface area (Å²) in [7, 11) is 0. The predicted octanol–water partition coefficient (Wildman–Crippen LogP) is 4.09. The fourth-order valence-corrected chi connectivity index (χ4v) is 2.90. The Bertz CT molecular complexity index is 473. The standard InChI is InChI=1S/C15H18FNS/c1-3-17-15(10-14-5-4-6-18-14)12-7-11(2)8-13(16)9-12/h4-9,15,17H,3,10H2,1-2H3. The normalized spacial score (nSPS) is 12.6. The van der Waals surface area contributed by atoms with Gasteiger partial charge in [0.05, 0.1) is 0 Å². The van der Waals surface area contributed by atoms with Gasteiger partial charge >= 0.3 is 0 Å². The number of aryl methyl sites for hydroxylation is 1. The molecular formula is C15H18FNS. The zero-order chi connectivity index (χ0) is 13.0. The Morgan fingerprint density at radius 1 is 1.33 bits per heavy atom. The van der Waals surface area contributed by atoms with Gasteiger partial charge in [-0.05, 0) is 48.2 Å². The van der Waals surface area contributed by atoms with Crippen molar-refractivity contribution in [3.05, 3.63) is 57.5 Å². The molecule has 96 valence electrons. The van der Waals surface area contributed by atoms with Gasteiger partial charge in [0.15, 0.2) is 0 Å². The van der Waals surface area contributed by atoms with E-state index in [1.165, 1.54) is 4.88 Å². The molecule has 0 spiro atoms. The van der Waals surface area contributed by atoms with Crippen molar-refractivity contribution in [3.63, 3.8) is 0 Å². The van der Waals surface area contributed by atoms with E-state index in [0.29, 0.717) is 0 Å². The molecule has 0 saturated heterocycles. The summed E-state index contributed by atoms with van der Waals surface area (Å²) in [5.74, 6) is -0.154. The van der Waals surface area contributed by atoms with Crippen LogP contribution in [0.3, 0.4) is 0 Å². The van der Waals surface area contributed by atoms with Crippen LogP contribution in [0.2, 0.25) is 0 Å². The smallest absolute Gasteiger partial charge is 0.123 e. The lowest BCUT2D eigenvalue weighted by molar-refractivity contribution is 0.545. The molecule has 1 N–H and O–H groups in total. The highest BCUT2D eigenvalue weighted by atomic mass is 32.1. The molecule has 0 aliphatic rings. The molecule has 0 radical (unpaired) electrons. The molecule has 0 aliphatic heterocycles. The highest BCUT2D eigenvalue weighted by Gasteiger charge is 2.13. The molecule has 2 aromatic rings. The van der Waals surface area contributed by atoms with E-state index in [4.69, 9.17) is 0 Å². The summed E-state index contributed by atoms with van der Waals surface area (Å²) in [5.41, 5.74) is 2.00. The van der Waals surface area contributed by atoms with Gasteiger partial charge in [0.2, 0.25) is 0 Å². The lowest BCUT2D eigenvalue weighted by Gasteiger charge is -2.18. The van der Waals surface area contributed by atoms with Gasteiger partial charge in [0, 0.05) is 17.3 Å². The molecule has 3 heteroatoms. The van der Waals surface area contributed by atoms with Crippen LogP contribution < -0.4 is 5.32 Å². The van der Waals surface area contributed by atoms with E-state index in [9.17, 15) is 4.39 Å². The molecule has 18 heavy (non-hydrogen) atoms. The fraction of sp³-hybridized carbons (Fsp3) is 0.333. The first-order valence-corrected chi connectivity index (χ1v) is 7.10. The van der Waals surface area contributed by atoms with Crippen molar-refractivity contribution in [2.75, 3.05) is 6.54 Å². The van der Waals surface area contributed by atoms with Crippen molar-refractivity contribution in [2.24, 2.45) is 0 Å². The molecule has 0 bridgehead atoms. The van der Waals surface area contributed by atoms with Crippen molar-refractivity contribution in [2.45, 2.75) is 26.3 Å². The Balaban J connectivity index is 2.23. The van der Waals surface area contributed by atoms with Gasteiger partial charge in [-0.25, -0.2) is 4.39 Å². The molecule has 0 fully saturated rings. The molecule has 0 aliphatic carbocycles. The van der Waals surface area contributed by atoms with E-state index >= 15 is 0 Å². The van der Waals surface area contributed by atoms with Gasteiger partial charge in [-0.3, -0.25) is 0 Å². The highest BCUT2D eigenvalue weighted by Crippen LogP contribution is 2.23. The van der Waals surface area contributed by atoms with Crippen LogP contribution >= 0.6 is 11.3 Å². The molecule has 1 atom stereocenters. The van der Waals surface area contributed by atoms with Crippen LogP contribution in [0.1, 0.15) is 29.0 Å². The van der Waals surface area contributed by atoms with E-state index in [-0.39, 0.29) is 11.9 Å². The number of likely N-dealkylation sites (N-methyl/N-ethyl adjacent to an activating group) is 1. The van der Waals surface area contributed by atoms with Crippen molar-refractivity contribution < 1.29 is 4.39 Å². The van der Waals surface area contributed by atoms with Gasteiger partial charge < -0.3 is 5.32 Å². The molecule has 2 rings (SSSR count). The zero-order valence-corrected chi connectivity index (χ0v) is 11.6. The Labute approximate surface area is 112 Å². The lowest BCUT2D eigenvalue weighted by atomic mass is 10.0. The second kappa shape index (κ2) is 6.12. The Morgan fingerprint density at radius 2 is 2.17 bits per heavy atom. The van der Waals surface area contributed by atoms with Crippen molar-refractivity contribution in [1.82, 2.24) is 5.32 Å². The fourth-order valence-electron chi connectivity index (χ4n) is 2.15. The quantitative estimate of drug-likeness (QED) is 0.856. The molecule has 0 saturated carbocycles. The molecule has 1 aromatic carbocycles. The summed E-state index contributed by atoms with van der Waals surface area (Å²) >= 11 is 1.75. The summed E-state index contributed by atoms with van der Waals surface area (Å²) in [6.45, 7) is 4.89. The van der Waals surface area contributed by atoms with Crippen LogP contribution in [0.4, 0.5) is 4.39 Å². The third-order valence-corrected chi connectivity index (χ3v) is 3.80. The molecule has 1 unspecified atom stereocenters. The van der Waals surface area contributed by atoms with Crippen molar-refractivity contribution in [3.8, 4) is 0 Å². The average Bonchev–Trinajstić information content (AvgIpc) is 2.80. The second-order valence-electron chi connectivity index (χ2n) is 4.46. The minimum absolute atomic E-state index is 0.154. The monoisotopic (exact) mass is 263 g/mol. The van der Waals surface area contributed by atoms with Crippen LogP contribution in [0.15, 0.2) is 35.7 Å². The van der Waals surface area contributed by atoms with E-state index in [1.54, 1.807) is 23.5 Å². The van der Waals surface area contributed by atoms with Crippen molar-refractivity contribution >= 4 is 11.3 Å². The Morgan fingerprint density at radius 3 is 2.78 bits per heavy atom. The van der Waals surface area contributed by atoms with E-state index in [2.05, 4.69) is 35.8 Å². The Hall–Kier alpha value is -1.19. The van der Waals surface area contributed by atoms with Crippen LogP contribution in [-0.4, -0.2) is 6.54 Å². The minimum Gasteiger partial charge on any atom is -0.310 e. The number of nitrogens with one attached hydrogen (secondary N) is 1. The van der Waals surface area contributed by atoms with Crippen LogP contribution in [-0.2, 0) is 6.42 Å². The average molecular weight is 263 g/mol. The van der Waals surface area contributed by atoms with Gasteiger partial charge in [-0.2, -0.15) is 0 Å². The number of benzene rings is 1. The molecule has 1 heterocycles. The first kappa shape index (κ1) is 13.2. The maximum atomic E-state index is 13.5. The number of hydrogen-bond acceptors (Lipinski definition) is 2. The molecular weight excluding hydrogens is 245 g/mol. The van der Waals surface area contributed by atoms with Crippen LogP contribution in [0.5, 0.6) is 0 Å². The van der Waals surface area contributed by atoms with Gasteiger partial charge in [0.25, 0.3) is 0 Å². The first-order valence-electron chi connectivity index (χ1n) is 6.22.